The van der Waals surface area contributed by atoms with E-state index in [1.54, 1.807) is 0 Å². The number of imide groups is 1. The molecule has 2 aliphatic carbocycles. The molecular weight excluding hydrogens is 218 g/mol. The lowest BCUT2D eigenvalue weighted by atomic mass is 9.76. The maximum Gasteiger partial charge on any atom is 0.230 e. The number of hydrogen-bond acceptors (Lipinski definition) is 3. The van der Waals surface area contributed by atoms with E-state index in [9.17, 15) is 14.4 Å². The normalized spacial score (nSPS) is 33.1. The highest BCUT2D eigenvalue weighted by molar-refractivity contribution is 6.05. The van der Waals surface area contributed by atoms with Crippen LogP contribution in [0.15, 0.2) is 11.1 Å². The summed E-state index contributed by atoms with van der Waals surface area (Å²) in [4.78, 5) is 34.7. The fraction of sp³-hybridized carbons (Fsp3) is 0.615. The smallest absolute Gasteiger partial charge is 0.230 e. The van der Waals surface area contributed by atoms with E-state index in [-0.39, 0.29) is 23.7 Å². The second kappa shape index (κ2) is 3.79. The third-order valence-corrected chi connectivity index (χ3v) is 4.25. The fourth-order valence-corrected chi connectivity index (χ4v) is 3.23. The Kier molecular flexibility index (Phi) is 2.38. The van der Waals surface area contributed by atoms with Gasteiger partial charge in [0, 0.05) is 12.8 Å². The first-order valence-corrected chi connectivity index (χ1v) is 6.21. The number of carbonyl (C=O) groups is 3. The van der Waals surface area contributed by atoms with E-state index in [2.05, 4.69) is 5.32 Å². The molecule has 0 radical (unpaired) electrons. The van der Waals surface area contributed by atoms with Crippen molar-refractivity contribution in [3.05, 3.63) is 11.1 Å². The quantitative estimate of drug-likeness (QED) is 0.503. The molecule has 1 saturated heterocycles. The molecule has 0 aromatic rings. The molecule has 2 atom stereocenters. The minimum absolute atomic E-state index is 0.123. The van der Waals surface area contributed by atoms with Crippen molar-refractivity contribution in [3.63, 3.8) is 0 Å². The van der Waals surface area contributed by atoms with Gasteiger partial charge in [-0.15, -0.1) is 0 Å². The molecule has 90 valence electrons. The molecule has 4 nitrogen and oxygen atoms in total. The van der Waals surface area contributed by atoms with E-state index in [1.165, 1.54) is 11.1 Å². The van der Waals surface area contributed by atoms with Crippen molar-refractivity contribution >= 4 is 17.6 Å². The van der Waals surface area contributed by atoms with Crippen molar-refractivity contribution in [2.75, 3.05) is 0 Å². The summed E-state index contributed by atoms with van der Waals surface area (Å²) in [5.41, 5.74) is 2.53. The number of Topliss-reactive ketones (excluding diaryl/α,β-unsaturated/α-hetero) is 1. The van der Waals surface area contributed by atoms with Crippen LogP contribution >= 0.6 is 0 Å². The predicted molar refractivity (Wildman–Crippen MR) is 59.9 cm³/mol. The molecule has 3 rings (SSSR count). The second-order valence-corrected chi connectivity index (χ2v) is 5.22. The number of amides is 2. The Balaban J connectivity index is 1.87. The zero-order valence-corrected chi connectivity index (χ0v) is 9.62. The molecule has 0 saturated carbocycles. The van der Waals surface area contributed by atoms with Crippen molar-refractivity contribution in [1.29, 1.82) is 0 Å². The molecule has 4 heteroatoms. The van der Waals surface area contributed by atoms with E-state index in [0.717, 1.165) is 12.8 Å². The molecular formula is C13H15NO3. The van der Waals surface area contributed by atoms with Gasteiger partial charge in [-0.2, -0.15) is 0 Å². The van der Waals surface area contributed by atoms with Gasteiger partial charge in [0.25, 0.3) is 0 Å². The highest BCUT2D eigenvalue weighted by Gasteiger charge is 2.44. The standard InChI is InChI=1S/C13H15NO3/c15-9-3-1-7-5-10-11(6-8(7)2-4-9)13(17)14-12(10)16/h10-11H,1-6H2,(H,14,16,17)/t10-,11+. The first kappa shape index (κ1) is 10.7. The lowest BCUT2D eigenvalue weighted by Gasteiger charge is -2.26. The summed E-state index contributed by atoms with van der Waals surface area (Å²) in [7, 11) is 0. The van der Waals surface area contributed by atoms with Gasteiger partial charge in [0.05, 0.1) is 11.8 Å². The summed E-state index contributed by atoms with van der Waals surface area (Å²) in [6.07, 6.45) is 4.16. The molecule has 3 aliphatic rings. The van der Waals surface area contributed by atoms with Gasteiger partial charge in [0.2, 0.25) is 11.8 Å². The summed E-state index contributed by atoms with van der Waals surface area (Å²) < 4.78 is 0. The molecule has 0 bridgehead atoms. The first-order valence-electron chi connectivity index (χ1n) is 6.21. The number of ketones is 1. The maximum absolute atomic E-state index is 11.6. The molecule has 1 fully saturated rings. The Labute approximate surface area is 99.4 Å². The van der Waals surface area contributed by atoms with Gasteiger partial charge in [0.15, 0.2) is 0 Å². The van der Waals surface area contributed by atoms with Gasteiger partial charge in [-0.1, -0.05) is 11.1 Å². The third kappa shape index (κ3) is 1.72. The Bertz CT molecular complexity index is 412. The highest BCUT2D eigenvalue weighted by atomic mass is 16.2. The van der Waals surface area contributed by atoms with Crippen LogP contribution in [-0.2, 0) is 14.4 Å². The van der Waals surface area contributed by atoms with Crippen LogP contribution in [0.25, 0.3) is 0 Å². The number of carbonyl (C=O) groups excluding carboxylic acids is 3. The van der Waals surface area contributed by atoms with E-state index in [4.69, 9.17) is 0 Å². The van der Waals surface area contributed by atoms with E-state index >= 15 is 0 Å². The Morgan fingerprint density at radius 2 is 1.24 bits per heavy atom. The van der Waals surface area contributed by atoms with Gasteiger partial charge < -0.3 is 0 Å². The number of fused-ring (bicyclic) bond motifs is 1. The average Bonchev–Trinajstić information content (AvgIpc) is 2.49. The van der Waals surface area contributed by atoms with Crippen LogP contribution in [0.5, 0.6) is 0 Å². The Morgan fingerprint density at radius 1 is 0.765 bits per heavy atom. The van der Waals surface area contributed by atoms with Gasteiger partial charge in [-0.05, 0) is 25.7 Å². The molecule has 0 aromatic carbocycles. The van der Waals surface area contributed by atoms with Gasteiger partial charge in [0.1, 0.15) is 5.78 Å². The van der Waals surface area contributed by atoms with Crippen LogP contribution in [0.2, 0.25) is 0 Å². The van der Waals surface area contributed by atoms with E-state index in [1.807, 2.05) is 0 Å². The van der Waals surface area contributed by atoms with E-state index in [0.29, 0.717) is 31.5 Å². The molecule has 17 heavy (non-hydrogen) atoms. The van der Waals surface area contributed by atoms with Crippen molar-refractivity contribution < 1.29 is 14.4 Å². The van der Waals surface area contributed by atoms with Crippen molar-refractivity contribution in [3.8, 4) is 0 Å². The zero-order chi connectivity index (χ0) is 12.0. The SMILES string of the molecule is O=C1CCC2=C(CC1)C[C@H]1C(=O)NC(=O)[C@H]1C2. The largest absolute Gasteiger partial charge is 0.300 e. The van der Waals surface area contributed by atoms with Crippen LogP contribution < -0.4 is 5.32 Å². The maximum atomic E-state index is 11.6. The molecule has 0 unspecified atom stereocenters. The zero-order valence-electron chi connectivity index (χ0n) is 9.62. The lowest BCUT2D eigenvalue weighted by molar-refractivity contribution is -0.126. The predicted octanol–water partition coefficient (Wildman–Crippen LogP) is 1.11. The summed E-state index contributed by atoms with van der Waals surface area (Å²) in [6, 6.07) is 0. The summed E-state index contributed by atoms with van der Waals surface area (Å²) >= 11 is 0. The monoisotopic (exact) mass is 233 g/mol. The fourth-order valence-electron chi connectivity index (χ4n) is 3.23. The Morgan fingerprint density at radius 3 is 1.71 bits per heavy atom. The average molecular weight is 233 g/mol. The molecule has 2 amide bonds. The number of hydrogen-bond donors (Lipinski definition) is 1. The van der Waals surface area contributed by atoms with Crippen molar-refractivity contribution in [2.24, 2.45) is 11.8 Å². The van der Waals surface area contributed by atoms with Crippen molar-refractivity contribution in [1.82, 2.24) is 5.32 Å². The number of allylic oxidation sites excluding steroid dienone is 2. The van der Waals surface area contributed by atoms with Crippen LogP contribution in [0.1, 0.15) is 38.5 Å². The van der Waals surface area contributed by atoms with Crippen LogP contribution in [0, 0.1) is 11.8 Å². The Hall–Kier alpha value is -1.45. The minimum atomic E-state index is -0.172. The molecule has 0 aromatic heterocycles. The van der Waals surface area contributed by atoms with E-state index < -0.39 is 0 Å². The minimum Gasteiger partial charge on any atom is -0.300 e. The summed E-state index contributed by atoms with van der Waals surface area (Å²) in [5.74, 6) is -0.284. The number of nitrogens with one attached hydrogen (secondary N) is 1. The summed E-state index contributed by atoms with van der Waals surface area (Å²) in [5, 5.41) is 2.42. The van der Waals surface area contributed by atoms with Crippen LogP contribution in [0.3, 0.4) is 0 Å². The number of rotatable bonds is 0. The molecule has 1 N–H and O–H groups in total. The second-order valence-electron chi connectivity index (χ2n) is 5.22. The van der Waals surface area contributed by atoms with Crippen molar-refractivity contribution in [2.45, 2.75) is 38.5 Å². The van der Waals surface area contributed by atoms with Crippen LogP contribution in [-0.4, -0.2) is 17.6 Å². The molecule has 0 spiro atoms. The molecule has 1 heterocycles. The first-order chi connectivity index (χ1) is 8.15. The van der Waals surface area contributed by atoms with Gasteiger partial charge in [-0.3, -0.25) is 19.7 Å². The third-order valence-electron chi connectivity index (χ3n) is 4.25. The lowest BCUT2D eigenvalue weighted by Crippen LogP contribution is -2.23. The topological polar surface area (TPSA) is 63.2 Å². The van der Waals surface area contributed by atoms with Crippen LogP contribution in [0.4, 0.5) is 0 Å². The van der Waals surface area contributed by atoms with Gasteiger partial charge >= 0.3 is 0 Å². The van der Waals surface area contributed by atoms with Gasteiger partial charge in [-0.25, -0.2) is 0 Å². The highest BCUT2D eigenvalue weighted by Crippen LogP contribution is 2.41. The molecule has 1 aliphatic heterocycles. The summed E-state index contributed by atoms with van der Waals surface area (Å²) in [6.45, 7) is 0.